The van der Waals surface area contributed by atoms with E-state index in [1.54, 1.807) is 26.2 Å². The van der Waals surface area contributed by atoms with Crippen LogP contribution in [0.15, 0.2) is 67.0 Å². The van der Waals surface area contributed by atoms with Crippen LogP contribution in [0.25, 0.3) is 5.69 Å². The lowest BCUT2D eigenvalue weighted by Gasteiger charge is -2.23. The third-order valence-electron chi connectivity index (χ3n) is 5.51. The lowest BCUT2D eigenvalue weighted by atomic mass is 9.92. The molecule has 31 heavy (non-hydrogen) atoms. The Morgan fingerprint density at radius 1 is 1.13 bits per heavy atom. The van der Waals surface area contributed by atoms with Crippen molar-refractivity contribution in [2.45, 2.75) is 19.0 Å². The quantitative estimate of drug-likeness (QED) is 0.565. The minimum absolute atomic E-state index is 0.251. The van der Waals surface area contributed by atoms with Gasteiger partial charge in [0.05, 0.1) is 26.0 Å². The van der Waals surface area contributed by atoms with Gasteiger partial charge in [0.15, 0.2) is 6.67 Å². The zero-order chi connectivity index (χ0) is 22.0. The number of carbonyl (C=O) groups is 2. The molecule has 2 heterocycles. The molecular formula is C23H26N5O3+. The van der Waals surface area contributed by atoms with Gasteiger partial charge in [-0.05, 0) is 36.8 Å². The summed E-state index contributed by atoms with van der Waals surface area (Å²) in [5, 5.41) is 7.26. The van der Waals surface area contributed by atoms with Crippen LogP contribution < -0.4 is 15.0 Å². The topological polar surface area (TPSA) is 80.9 Å². The van der Waals surface area contributed by atoms with Crippen LogP contribution in [0, 0.1) is 0 Å². The first-order valence-electron chi connectivity index (χ1n) is 10.1. The van der Waals surface area contributed by atoms with E-state index in [9.17, 15) is 9.59 Å². The normalized spacial score (nSPS) is 19.4. The molecular weight excluding hydrogens is 394 g/mol. The van der Waals surface area contributed by atoms with Crippen molar-refractivity contribution >= 4 is 11.9 Å². The molecule has 2 N–H and O–H groups in total. The number of aromatic nitrogens is 2. The zero-order valence-corrected chi connectivity index (χ0v) is 17.8. The first-order chi connectivity index (χ1) is 14.9. The lowest BCUT2D eigenvalue weighted by Crippen LogP contribution is -3.09. The average molecular weight is 420 g/mol. The lowest BCUT2D eigenvalue weighted by molar-refractivity contribution is -0.901. The second-order valence-electron chi connectivity index (χ2n) is 7.94. The Hall–Kier alpha value is -3.65. The van der Waals surface area contributed by atoms with Crippen molar-refractivity contribution in [1.29, 1.82) is 0 Å². The van der Waals surface area contributed by atoms with Crippen molar-refractivity contribution in [1.82, 2.24) is 20.0 Å². The highest BCUT2D eigenvalue weighted by Crippen LogP contribution is 2.30. The fourth-order valence-corrected chi connectivity index (χ4v) is 3.82. The summed E-state index contributed by atoms with van der Waals surface area (Å²) in [7, 11) is 3.52. The van der Waals surface area contributed by atoms with Crippen LogP contribution in [-0.4, -0.2) is 47.4 Å². The molecule has 0 saturated carbocycles. The van der Waals surface area contributed by atoms with Crippen LogP contribution >= 0.6 is 0 Å². The number of methoxy groups -OCH3 is 1. The summed E-state index contributed by atoms with van der Waals surface area (Å²) < 4.78 is 7.08. The molecule has 4 rings (SSSR count). The molecule has 1 aliphatic heterocycles. The van der Waals surface area contributed by atoms with Gasteiger partial charge in [-0.1, -0.05) is 30.3 Å². The van der Waals surface area contributed by atoms with E-state index in [4.69, 9.17) is 4.74 Å². The van der Waals surface area contributed by atoms with Gasteiger partial charge >= 0.3 is 6.03 Å². The number of hydrogen-bond acceptors (Lipinski definition) is 4. The first-order valence-corrected chi connectivity index (χ1v) is 10.1. The third kappa shape index (κ3) is 4.02. The van der Waals surface area contributed by atoms with Gasteiger partial charge in [-0.2, -0.15) is 5.10 Å². The van der Waals surface area contributed by atoms with Crippen LogP contribution in [0.1, 0.15) is 18.1 Å². The number of hydrogen-bond donors (Lipinski definition) is 2. The van der Waals surface area contributed by atoms with E-state index in [2.05, 4.69) is 10.4 Å². The Labute approximate surface area is 181 Å². The summed E-state index contributed by atoms with van der Waals surface area (Å²) >= 11 is 0. The maximum Gasteiger partial charge on any atom is 0.329 e. The molecule has 3 aromatic rings. The van der Waals surface area contributed by atoms with Crippen LogP contribution in [0.2, 0.25) is 0 Å². The van der Waals surface area contributed by atoms with E-state index in [1.807, 2.05) is 66.6 Å². The van der Waals surface area contributed by atoms with Crippen LogP contribution in [0.3, 0.4) is 0 Å². The number of nitrogens with one attached hydrogen (secondary N) is 2. The molecule has 3 amide bonds. The highest BCUT2D eigenvalue weighted by Gasteiger charge is 2.50. The van der Waals surface area contributed by atoms with Crippen molar-refractivity contribution in [3.05, 3.63) is 78.1 Å². The molecule has 2 aromatic carbocycles. The summed E-state index contributed by atoms with van der Waals surface area (Å²) in [5.74, 6) is 0.363. The van der Waals surface area contributed by atoms with Gasteiger partial charge in [0.2, 0.25) is 0 Å². The fourth-order valence-electron chi connectivity index (χ4n) is 3.82. The number of urea groups is 1. The molecule has 1 aliphatic rings. The maximum absolute atomic E-state index is 13.2. The average Bonchev–Trinajstić information content (AvgIpc) is 3.33. The molecule has 0 aliphatic carbocycles. The standard InChI is InChI=1S/C23H25N5O3/c1-23(18-8-7-11-20(12-18)31-3)21(29)27(22(30)25-23)16-26(2)14-17-13-24-28(15-17)19-9-5-4-6-10-19/h4-13,15H,14,16H2,1-3H3,(H,25,30)/p+1/t23-/m1/s1. The smallest absolute Gasteiger partial charge is 0.329 e. The Morgan fingerprint density at radius 2 is 1.90 bits per heavy atom. The second kappa shape index (κ2) is 8.23. The number of carbonyl (C=O) groups excluding carboxylic acids is 2. The van der Waals surface area contributed by atoms with Gasteiger partial charge in [-0.25, -0.2) is 14.4 Å². The first kappa shape index (κ1) is 20.6. The number of amides is 3. The van der Waals surface area contributed by atoms with Gasteiger partial charge in [0, 0.05) is 11.8 Å². The molecule has 1 saturated heterocycles. The molecule has 1 aromatic heterocycles. The zero-order valence-electron chi connectivity index (χ0n) is 17.8. The van der Waals surface area contributed by atoms with Crippen LogP contribution in [0.5, 0.6) is 5.75 Å². The number of imide groups is 1. The van der Waals surface area contributed by atoms with Crippen LogP contribution in [0.4, 0.5) is 4.79 Å². The van der Waals surface area contributed by atoms with Gasteiger partial charge in [0.1, 0.15) is 17.8 Å². The molecule has 160 valence electrons. The summed E-state index contributed by atoms with van der Waals surface area (Å²) in [5.41, 5.74) is 1.57. The fraction of sp³-hybridized carbons (Fsp3) is 0.261. The monoisotopic (exact) mass is 420 g/mol. The van der Waals surface area contributed by atoms with Crippen molar-refractivity contribution in [2.24, 2.45) is 0 Å². The minimum atomic E-state index is -1.12. The van der Waals surface area contributed by atoms with Gasteiger partial charge < -0.3 is 15.0 Å². The second-order valence-corrected chi connectivity index (χ2v) is 7.94. The van der Waals surface area contributed by atoms with Crippen molar-refractivity contribution in [2.75, 3.05) is 20.8 Å². The third-order valence-corrected chi connectivity index (χ3v) is 5.51. The minimum Gasteiger partial charge on any atom is -0.497 e. The van der Waals surface area contributed by atoms with Crippen LogP contribution in [-0.2, 0) is 16.9 Å². The molecule has 0 radical (unpaired) electrons. The number of ether oxygens (including phenoxy) is 1. The van der Waals surface area contributed by atoms with E-state index < -0.39 is 11.6 Å². The van der Waals surface area contributed by atoms with E-state index in [0.29, 0.717) is 17.9 Å². The van der Waals surface area contributed by atoms with Crippen molar-refractivity contribution < 1.29 is 19.2 Å². The predicted molar refractivity (Wildman–Crippen MR) is 115 cm³/mol. The van der Waals surface area contributed by atoms with Gasteiger partial charge in [-0.15, -0.1) is 0 Å². The molecule has 1 fully saturated rings. The molecule has 1 unspecified atom stereocenters. The Bertz CT molecular complexity index is 1100. The van der Waals surface area contributed by atoms with E-state index in [0.717, 1.165) is 16.2 Å². The summed E-state index contributed by atoms with van der Waals surface area (Å²) in [6.07, 6.45) is 3.77. The number of rotatable bonds is 7. The summed E-state index contributed by atoms with van der Waals surface area (Å²) in [6, 6.07) is 16.7. The largest absolute Gasteiger partial charge is 0.497 e. The van der Waals surface area contributed by atoms with Gasteiger partial charge in [0.25, 0.3) is 5.91 Å². The highest BCUT2D eigenvalue weighted by molar-refractivity contribution is 6.07. The molecule has 2 atom stereocenters. The Balaban J connectivity index is 1.45. The number of nitrogens with zero attached hydrogens (tertiary/aromatic N) is 3. The maximum atomic E-state index is 13.2. The van der Waals surface area contributed by atoms with Gasteiger partial charge in [-0.3, -0.25) is 4.79 Å². The molecule has 8 nitrogen and oxygen atoms in total. The SMILES string of the molecule is COc1cccc([C@@]2(C)NC(=O)N(C[NH+](C)Cc3cnn(-c4ccccc4)c3)C2=O)c1. The van der Waals surface area contributed by atoms with Crippen molar-refractivity contribution in [3.8, 4) is 11.4 Å². The van der Waals surface area contributed by atoms with E-state index in [-0.39, 0.29) is 12.6 Å². The number of para-hydroxylation sites is 1. The molecule has 0 bridgehead atoms. The number of benzene rings is 2. The Morgan fingerprint density at radius 3 is 2.65 bits per heavy atom. The molecule has 0 spiro atoms. The van der Waals surface area contributed by atoms with E-state index in [1.165, 1.54) is 4.90 Å². The predicted octanol–water partition coefficient (Wildman–Crippen LogP) is 1.32. The van der Waals surface area contributed by atoms with E-state index >= 15 is 0 Å². The molecule has 8 heteroatoms. The summed E-state index contributed by atoms with van der Waals surface area (Å²) in [6.45, 7) is 2.60. The Kier molecular flexibility index (Phi) is 5.48. The highest BCUT2D eigenvalue weighted by atomic mass is 16.5. The van der Waals surface area contributed by atoms with Crippen molar-refractivity contribution in [3.63, 3.8) is 0 Å². The number of quaternary nitrogens is 1. The summed E-state index contributed by atoms with van der Waals surface area (Å²) in [4.78, 5) is 28.1.